The van der Waals surface area contributed by atoms with E-state index in [2.05, 4.69) is 16.0 Å². The lowest BCUT2D eigenvalue weighted by molar-refractivity contribution is -0.142. The number of carbonyl (C=O) groups excluding carboxylic acids is 3. The van der Waals surface area contributed by atoms with Crippen LogP contribution in [0.5, 0.6) is 0 Å². The van der Waals surface area contributed by atoms with E-state index < -0.39 is 36.0 Å². The van der Waals surface area contributed by atoms with Crippen LogP contribution in [0, 0.1) is 5.92 Å². The summed E-state index contributed by atoms with van der Waals surface area (Å²) in [6, 6.07) is 7.07. The Kier molecular flexibility index (Phi) is 9.49. The number of alkyl carbamates (subject to hydrolysis) is 1. The standard InChI is InChI=1S/C19H27N3O6/c1-12(2)9-15(18(25)26)22-17(24)13(3)21-16(23)10-20-19(27)28-11-14-7-5-4-6-8-14/h4-8,12-13,15H,9-11H2,1-3H3,(H,20,27)(H,21,23)(H,22,24)(H,25,26)/t13-,15-/m0/s1. The second-order valence-electron chi connectivity index (χ2n) is 6.73. The topological polar surface area (TPSA) is 134 Å². The number of carboxylic acid groups (broad SMARTS) is 1. The molecule has 3 amide bonds. The molecule has 28 heavy (non-hydrogen) atoms. The molecule has 1 rings (SSSR count). The Morgan fingerprint density at radius 1 is 1.04 bits per heavy atom. The van der Waals surface area contributed by atoms with E-state index >= 15 is 0 Å². The summed E-state index contributed by atoms with van der Waals surface area (Å²) in [4.78, 5) is 46.7. The Morgan fingerprint density at radius 2 is 1.68 bits per heavy atom. The van der Waals surface area contributed by atoms with Crippen LogP contribution < -0.4 is 16.0 Å². The minimum absolute atomic E-state index is 0.0690. The van der Waals surface area contributed by atoms with E-state index in [1.807, 2.05) is 32.0 Å². The summed E-state index contributed by atoms with van der Waals surface area (Å²) < 4.78 is 4.97. The van der Waals surface area contributed by atoms with Crippen LogP contribution in [0.15, 0.2) is 30.3 Å². The zero-order valence-electron chi connectivity index (χ0n) is 16.2. The highest BCUT2D eigenvalue weighted by Crippen LogP contribution is 2.05. The Balaban J connectivity index is 2.35. The molecule has 9 heteroatoms. The fourth-order valence-electron chi connectivity index (χ4n) is 2.27. The van der Waals surface area contributed by atoms with Crippen molar-refractivity contribution in [2.24, 2.45) is 5.92 Å². The van der Waals surface area contributed by atoms with Gasteiger partial charge in [-0.2, -0.15) is 0 Å². The molecule has 0 aliphatic heterocycles. The Morgan fingerprint density at radius 3 is 2.25 bits per heavy atom. The van der Waals surface area contributed by atoms with Gasteiger partial charge in [0.15, 0.2) is 0 Å². The first-order valence-electron chi connectivity index (χ1n) is 8.96. The summed E-state index contributed by atoms with van der Waals surface area (Å²) in [5, 5.41) is 16.2. The molecule has 154 valence electrons. The molecule has 0 unspecified atom stereocenters. The van der Waals surface area contributed by atoms with Gasteiger partial charge in [-0.1, -0.05) is 44.2 Å². The Labute approximate surface area is 163 Å². The first kappa shape index (κ1) is 22.9. The number of ether oxygens (including phenoxy) is 1. The van der Waals surface area contributed by atoms with Crippen molar-refractivity contribution in [3.8, 4) is 0 Å². The first-order chi connectivity index (χ1) is 13.2. The number of benzene rings is 1. The fourth-order valence-corrected chi connectivity index (χ4v) is 2.27. The Bertz CT molecular complexity index is 678. The van der Waals surface area contributed by atoms with Crippen molar-refractivity contribution in [2.75, 3.05) is 6.54 Å². The molecule has 0 aromatic heterocycles. The minimum Gasteiger partial charge on any atom is -0.480 e. The van der Waals surface area contributed by atoms with Gasteiger partial charge in [-0.15, -0.1) is 0 Å². The number of hydrogen-bond donors (Lipinski definition) is 4. The highest BCUT2D eigenvalue weighted by atomic mass is 16.5. The minimum atomic E-state index is -1.14. The largest absolute Gasteiger partial charge is 0.480 e. The van der Waals surface area contributed by atoms with Gasteiger partial charge in [0, 0.05) is 0 Å². The van der Waals surface area contributed by atoms with Crippen molar-refractivity contribution in [1.29, 1.82) is 0 Å². The van der Waals surface area contributed by atoms with Crippen molar-refractivity contribution >= 4 is 23.9 Å². The predicted molar refractivity (Wildman–Crippen MR) is 101 cm³/mol. The van der Waals surface area contributed by atoms with Crippen LogP contribution in [-0.2, 0) is 25.7 Å². The number of aliphatic carboxylic acids is 1. The predicted octanol–water partition coefficient (Wildman–Crippen LogP) is 1.03. The molecule has 0 saturated carbocycles. The summed E-state index contributed by atoms with van der Waals surface area (Å²) >= 11 is 0. The second kappa shape index (κ2) is 11.6. The van der Waals surface area contributed by atoms with Gasteiger partial charge in [-0.05, 0) is 24.8 Å². The van der Waals surface area contributed by atoms with Crippen LogP contribution in [0.2, 0.25) is 0 Å². The number of rotatable bonds is 10. The van der Waals surface area contributed by atoms with Crippen molar-refractivity contribution in [1.82, 2.24) is 16.0 Å². The molecule has 2 atom stereocenters. The van der Waals surface area contributed by atoms with Crippen molar-refractivity contribution < 1.29 is 29.0 Å². The first-order valence-corrected chi connectivity index (χ1v) is 8.96. The van der Waals surface area contributed by atoms with Gasteiger partial charge in [-0.25, -0.2) is 9.59 Å². The molecule has 1 aromatic rings. The molecule has 0 spiro atoms. The molecule has 0 aliphatic rings. The maximum Gasteiger partial charge on any atom is 0.407 e. The van der Waals surface area contributed by atoms with E-state index in [-0.39, 0.29) is 25.5 Å². The third kappa shape index (κ3) is 9.02. The fraction of sp³-hybridized carbons (Fsp3) is 0.474. The summed E-state index contributed by atoms with van der Waals surface area (Å²) in [7, 11) is 0. The molecule has 0 radical (unpaired) electrons. The maximum absolute atomic E-state index is 12.1. The van der Waals surface area contributed by atoms with Crippen LogP contribution >= 0.6 is 0 Å². The highest BCUT2D eigenvalue weighted by molar-refractivity contribution is 5.91. The van der Waals surface area contributed by atoms with Crippen molar-refractivity contribution in [3.63, 3.8) is 0 Å². The molecule has 0 saturated heterocycles. The number of amides is 3. The van der Waals surface area contributed by atoms with E-state index in [0.717, 1.165) is 5.56 Å². The zero-order valence-corrected chi connectivity index (χ0v) is 16.2. The lowest BCUT2D eigenvalue weighted by Crippen LogP contribution is -2.52. The summed E-state index contributed by atoms with van der Waals surface area (Å²) in [5.41, 5.74) is 0.807. The molecule has 1 aromatic carbocycles. The number of carboxylic acids is 1. The molecule has 4 N–H and O–H groups in total. The van der Waals surface area contributed by atoms with Gasteiger partial charge in [-0.3, -0.25) is 9.59 Å². The van der Waals surface area contributed by atoms with Crippen molar-refractivity contribution in [3.05, 3.63) is 35.9 Å². The van der Waals surface area contributed by atoms with E-state index in [4.69, 9.17) is 9.84 Å². The molecule has 9 nitrogen and oxygen atoms in total. The summed E-state index contributed by atoms with van der Waals surface area (Å²) in [6.45, 7) is 4.81. The smallest absolute Gasteiger partial charge is 0.407 e. The SMILES string of the molecule is CC(C)C[C@H](NC(=O)[C@H](C)NC(=O)CNC(=O)OCc1ccccc1)C(=O)O. The molecule has 0 aliphatic carbocycles. The van der Waals surface area contributed by atoms with Crippen LogP contribution in [0.1, 0.15) is 32.8 Å². The van der Waals surface area contributed by atoms with Crippen LogP contribution in [0.4, 0.5) is 4.79 Å². The lowest BCUT2D eigenvalue weighted by atomic mass is 10.0. The molecular weight excluding hydrogens is 366 g/mol. The van der Waals surface area contributed by atoms with Crippen LogP contribution in [0.3, 0.4) is 0 Å². The monoisotopic (exact) mass is 393 g/mol. The van der Waals surface area contributed by atoms with E-state index in [9.17, 15) is 19.2 Å². The second-order valence-corrected chi connectivity index (χ2v) is 6.73. The van der Waals surface area contributed by atoms with E-state index in [1.54, 1.807) is 12.1 Å². The number of carbonyl (C=O) groups is 4. The van der Waals surface area contributed by atoms with E-state index in [0.29, 0.717) is 0 Å². The molecule has 0 heterocycles. The normalized spacial score (nSPS) is 12.6. The average Bonchev–Trinajstić information content (AvgIpc) is 2.64. The highest BCUT2D eigenvalue weighted by Gasteiger charge is 2.24. The van der Waals surface area contributed by atoms with Gasteiger partial charge in [0.05, 0.1) is 0 Å². The van der Waals surface area contributed by atoms with Gasteiger partial charge in [0.1, 0.15) is 25.2 Å². The average molecular weight is 393 g/mol. The Hall–Kier alpha value is -3.10. The van der Waals surface area contributed by atoms with Gasteiger partial charge >= 0.3 is 12.1 Å². The molecular formula is C19H27N3O6. The van der Waals surface area contributed by atoms with Gasteiger partial charge < -0.3 is 25.8 Å². The summed E-state index contributed by atoms with van der Waals surface area (Å²) in [6.07, 6.45) is -0.490. The third-order valence-electron chi connectivity index (χ3n) is 3.70. The van der Waals surface area contributed by atoms with Gasteiger partial charge in [0.25, 0.3) is 0 Å². The van der Waals surface area contributed by atoms with E-state index in [1.165, 1.54) is 6.92 Å². The number of nitrogens with one attached hydrogen (secondary N) is 3. The van der Waals surface area contributed by atoms with Crippen LogP contribution in [0.25, 0.3) is 0 Å². The quantitative estimate of drug-likeness (QED) is 0.469. The molecule has 0 fully saturated rings. The lowest BCUT2D eigenvalue weighted by Gasteiger charge is -2.20. The maximum atomic E-state index is 12.1. The van der Waals surface area contributed by atoms with Crippen molar-refractivity contribution in [2.45, 2.75) is 45.9 Å². The summed E-state index contributed by atoms with van der Waals surface area (Å²) in [5.74, 6) is -2.27. The van der Waals surface area contributed by atoms with Crippen LogP contribution in [-0.4, -0.2) is 47.6 Å². The number of hydrogen-bond acceptors (Lipinski definition) is 5. The zero-order chi connectivity index (χ0) is 21.1. The molecule has 0 bridgehead atoms. The third-order valence-corrected chi connectivity index (χ3v) is 3.70. The van der Waals surface area contributed by atoms with Gasteiger partial charge in [0.2, 0.25) is 11.8 Å².